The third-order valence-corrected chi connectivity index (χ3v) is 5.75. The average molecular weight is 372 g/mol. The molecular weight excluding hydrogens is 352 g/mol. The SMILES string of the molecule is CNS(=O)(=O)c1cc(/C=C/C(=O)N2CCc3ccccc32)ccc1OC. The minimum atomic E-state index is -3.66. The second-order valence-electron chi connectivity index (χ2n) is 5.82. The maximum Gasteiger partial charge on any atom is 0.251 e. The first kappa shape index (κ1) is 18.2. The highest BCUT2D eigenvalue weighted by atomic mass is 32.2. The molecule has 6 nitrogen and oxygen atoms in total. The lowest BCUT2D eigenvalue weighted by molar-refractivity contribution is -0.114. The standard InChI is InChI=1S/C19H20N2O4S/c1-20-26(23,24)18-13-14(7-9-17(18)25-2)8-10-19(22)21-12-11-15-5-3-4-6-16(15)21/h3-10,13,20H,11-12H2,1-2H3/b10-8+. The quantitative estimate of drug-likeness (QED) is 0.817. The van der Waals surface area contributed by atoms with Gasteiger partial charge in [-0.15, -0.1) is 0 Å². The second kappa shape index (κ2) is 7.31. The number of amides is 1. The van der Waals surface area contributed by atoms with Crippen LogP contribution in [0.4, 0.5) is 5.69 Å². The largest absolute Gasteiger partial charge is 0.495 e. The van der Waals surface area contributed by atoms with E-state index in [2.05, 4.69) is 4.72 Å². The fraction of sp³-hybridized carbons (Fsp3) is 0.211. The molecule has 0 aromatic heterocycles. The lowest BCUT2D eigenvalue weighted by Crippen LogP contribution is -2.26. The van der Waals surface area contributed by atoms with Gasteiger partial charge in [-0.3, -0.25) is 4.79 Å². The van der Waals surface area contributed by atoms with Crippen LogP contribution in [0.25, 0.3) is 6.08 Å². The van der Waals surface area contributed by atoms with Gasteiger partial charge < -0.3 is 9.64 Å². The lowest BCUT2D eigenvalue weighted by atomic mass is 10.2. The van der Waals surface area contributed by atoms with E-state index in [-0.39, 0.29) is 16.6 Å². The molecule has 1 aliphatic heterocycles. The maximum atomic E-state index is 12.5. The number of rotatable bonds is 5. The van der Waals surface area contributed by atoms with Crippen LogP contribution in [0.2, 0.25) is 0 Å². The zero-order valence-electron chi connectivity index (χ0n) is 14.6. The Morgan fingerprint density at radius 1 is 1.23 bits per heavy atom. The molecule has 2 aromatic carbocycles. The minimum Gasteiger partial charge on any atom is -0.495 e. The first-order valence-corrected chi connectivity index (χ1v) is 9.63. The van der Waals surface area contributed by atoms with Gasteiger partial charge in [0.2, 0.25) is 10.0 Å². The molecule has 3 rings (SSSR count). The first-order valence-electron chi connectivity index (χ1n) is 8.15. The highest BCUT2D eigenvalue weighted by molar-refractivity contribution is 7.89. The Hall–Kier alpha value is -2.64. The number of ether oxygens (including phenoxy) is 1. The normalized spacial score (nSPS) is 13.8. The Labute approximate surface area is 153 Å². The molecule has 1 amide bonds. The van der Waals surface area contributed by atoms with Gasteiger partial charge in [-0.2, -0.15) is 0 Å². The van der Waals surface area contributed by atoms with E-state index in [0.29, 0.717) is 12.1 Å². The minimum absolute atomic E-state index is 0.0311. The first-order chi connectivity index (χ1) is 12.5. The van der Waals surface area contributed by atoms with Crippen molar-refractivity contribution >= 4 is 27.7 Å². The van der Waals surface area contributed by atoms with E-state index in [9.17, 15) is 13.2 Å². The van der Waals surface area contributed by atoms with Crippen LogP contribution >= 0.6 is 0 Å². The second-order valence-corrected chi connectivity index (χ2v) is 7.67. The molecule has 136 valence electrons. The molecule has 26 heavy (non-hydrogen) atoms. The number of nitrogens with one attached hydrogen (secondary N) is 1. The summed E-state index contributed by atoms with van der Waals surface area (Å²) in [5.74, 6) is 0.111. The van der Waals surface area contributed by atoms with Crippen LogP contribution < -0.4 is 14.4 Å². The van der Waals surface area contributed by atoms with E-state index in [1.54, 1.807) is 23.1 Å². The summed E-state index contributed by atoms with van der Waals surface area (Å²) in [7, 11) is -0.912. The van der Waals surface area contributed by atoms with Crippen LogP contribution in [-0.4, -0.2) is 35.0 Å². The van der Waals surface area contributed by atoms with Gasteiger partial charge in [-0.1, -0.05) is 24.3 Å². The summed E-state index contributed by atoms with van der Waals surface area (Å²) in [6.07, 6.45) is 3.90. The predicted octanol–water partition coefficient (Wildman–Crippen LogP) is 2.21. The Bertz CT molecular complexity index is 967. The van der Waals surface area contributed by atoms with Crippen LogP contribution in [0.15, 0.2) is 53.4 Å². The predicted molar refractivity (Wildman–Crippen MR) is 101 cm³/mol. The summed E-state index contributed by atoms with van der Waals surface area (Å²) in [5, 5.41) is 0. The number of anilines is 1. The third kappa shape index (κ3) is 3.49. The van der Waals surface area contributed by atoms with Crippen LogP contribution in [0.5, 0.6) is 5.75 Å². The highest BCUT2D eigenvalue weighted by Crippen LogP contribution is 2.28. The molecule has 1 heterocycles. The molecule has 7 heteroatoms. The van der Waals surface area contributed by atoms with E-state index in [1.165, 1.54) is 26.3 Å². The fourth-order valence-electron chi connectivity index (χ4n) is 2.94. The Kier molecular flexibility index (Phi) is 5.11. The monoisotopic (exact) mass is 372 g/mol. The zero-order chi connectivity index (χ0) is 18.7. The van der Waals surface area contributed by atoms with Crippen molar-refractivity contribution < 1.29 is 17.9 Å². The summed E-state index contributed by atoms with van der Waals surface area (Å²) in [4.78, 5) is 14.3. The lowest BCUT2D eigenvalue weighted by Gasteiger charge is -2.15. The number of methoxy groups -OCH3 is 1. The van der Waals surface area contributed by atoms with E-state index in [4.69, 9.17) is 4.74 Å². The molecule has 0 aliphatic carbocycles. The number of benzene rings is 2. The van der Waals surface area contributed by atoms with Crippen molar-refractivity contribution in [3.63, 3.8) is 0 Å². The Morgan fingerprint density at radius 3 is 2.73 bits per heavy atom. The van der Waals surface area contributed by atoms with Gasteiger partial charge in [0.15, 0.2) is 0 Å². The molecule has 0 spiro atoms. The van der Waals surface area contributed by atoms with Gasteiger partial charge in [0.05, 0.1) is 7.11 Å². The molecule has 0 unspecified atom stereocenters. The average Bonchev–Trinajstić information content (AvgIpc) is 3.10. The number of sulfonamides is 1. The van der Waals surface area contributed by atoms with Crippen LogP contribution in [0.3, 0.4) is 0 Å². The number of carbonyl (C=O) groups excluding carboxylic acids is 1. The topological polar surface area (TPSA) is 75.7 Å². The van der Waals surface area contributed by atoms with Crippen molar-refractivity contribution in [3.05, 3.63) is 59.7 Å². The molecule has 0 saturated heterocycles. The van der Waals surface area contributed by atoms with Gasteiger partial charge in [-0.25, -0.2) is 13.1 Å². The summed E-state index contributed by atoms with van der Waals surface area (Å²) < 4.78 is 31.6. The number of hydrogen-bond acceptors (Lipinski definition) is 4. The van der Waals surface area contributed by atoms with Gasteiger partial charge >= 0.3 is 0 Å². The maximum absolute atomic E-state index is 12.5. The molecule has 0 fully saturated rings. The van der Waals surface area contributed by atoms with Crippen LogP contribution in [0.1, 0.15) is 11.1 Å². The molecule has 2 aromatic rings. The van der Waals surface area contributed by atoms with Crippen molar-refractivity contribution in [1.82, 2.24) is 4.72 Å². The molecule has 0 saturated carbocycles. The third-order valence-electron chi connectivity index (χ3n) is 4.32. The molecule has 1 N–H and O–H groups in total. The van der Waals surface area contributed by atoms with E-state index >= 15 is 0 Å². The summed E-state index contributed by atoms with van der Waals surface area (Å²) in [5.41, 5.74) is 2.68. The van der Waals surface area contributed by atoms with Crippen molar-refractivity contribution in [1.29, 1.82) is 0 Å². The van der Waals surface area contributed by atoms with Crippen molar-refractivity contribution in [2.45, 2.75) is 11.3 Å². The van der Waals surface area contributed by atoms with E-state index in [1.807, 2.05) is 24.3 Å². The van der Waals surface area contributed by atoms with E-state index < -0.39 is 10.0 Å². The summed E-state index contributed by atoms with van der Waals surface area (Å²) in [6.45, 7) is 0.643. The molecule has 0 bridgehead atoms. The number of nitrogens with zero attached hydrogens (tertiary/aromatic N) is 1. The van der Waals surface area contributed by atoms with E-state index in [0.717, 1.165) is 17.7 Å². The molecule has 0 radical (unpaired) electrons. The molecule has 1 aliphatic rings. The van der Waals surface area contributed by atoms with Gasteiger partial charge in [0.25, 0.3) is 5.91 Å². The number of para-hydroxylation sites is 1. The van der Waals surface area contributed by atoms with Gasteiger partial charge in [0, 0.05) is 18.3 Å². The highest BCUT2D eigenvalue weighted by Gasteiger charge is 2.22. The van der Waals surface area contributed by atoms with Crippen LogP contribution in [0, 0.1) is 0 Å². The smallest absolute Gasteiger partial charge is 0.251 e. The summed E-state index contributed by atoms with van der Waals surface area (Å²) >= 11 is 0. The number of carbonyl (C=O) groups is 1. The van der Waals surface area contributed by atoms with Crippen LogP contribution in [-0.2, 0) is 21.2 Å². The van der Waals surface area contributed by atoms with Gasteiger partial charge in [-0.05, 0) is 48.9 Å². The summed E-state index contributed by atoms with van der Waals surface area (Å²) in [6, 6.07) is 12.6. The van der Waals surface area contributed by atoms with Crippen molar-refractivity contribution in [2.75, 3.05) is 25.6 Å². The molecule has 0 atom stereocenters. The number of hydrogen-bond donors (Lipinski definition) is 1. The fourth-order valence-corrected chi connectivity index (χ4v) is 3.87. The number of fused-ring (bicyclic) bond motifs is 1. The van der Waals surface area contributed by atoms with Gasteiger partial charge in [0.1, 0.15) is 10.6 Å². The van der Waals surface area contributed by atoms with Crippen molar-refractivity contribution in [2.24, 2.45) is 0 Å². The Balaban J connectivity index is 1.85. The Morgan fingerprint density at radius 2 is 2.00 bits per heavy atom. The van der Waals surface area contributed by atoms with Crippen molar-refractivity contribution in [3.8, 4) is 5.75 Å². The molecular formula is C19H20N2O4S. The zero-order valence-corrected chi connectivity index (χ0v) is 15.4.